The minimum atomic E-state index is 0.465. The molecule has 4 aromatic rings. The summed E-state index contributed by atoms with van der Waals surface area (Å²) in [5.74, 6) is 0. The summed E-state index contributed by atoms with van der Waals surface area (Å²) < 4.78 is 0. The maximum absolute atomic E-state index is 4.81. The van der Waals surface area contributed by atoms with Crippen LogP contribution in [0.2, 0.25) is 0 Å². The Hall–Kier alpha value is -2.82. The smallest absolute Gasteiger partial charge is 0.0705 e. The molecular formula is C26H28N4. The molecule has 2 N–H and O–H groups in total. The lowest BCUT2D eigenvalue weighted by molar-refractivity contribution is 0.280. The molecule has 0 aliphatic heterocycles. The van der Waals surface area contributed by atoms with Gasteiger partial charge in [-0.05, 0) is 37.1 Å². The van der Waals surface area contributed by atoms with E-state index in [9.17, 15) is 0 Å². The monoisotopic (exact) mass is 396 g/mol. The molecule has 4 nitrogen and oxygen atoms in total. The highest BCUT2D eigenvalue weighted by atomic mass is 15.0. The molecule has 1 saturated carbocycles. The van der Waals surface area contributed by atoms with Gasteiger partial charge >= 0.3 is 0 Å². The van der Waals surface area contributed by atoms with Crippen molar-refractivity contribution >= 4 is 21.8 Å². The van der Waals surface area contributed by atoms with Crippen LogP contribution in [-0.4, -0.2) is 22.1 Å². The minimum Gasteiger partial charge on any atom is -0.307 e. The zero-order chi connectivity index (χ0) is 20.2. The third kappa shape index (κ3) is 4.35. The van der Waals surface area contributed by atoms with E-state index in [1.165, 1.54) is 36.5 Å². The lowest BCUT2D eigenvalue weighted by Gasteiger charge is -2.33. The number of nitrogens with zero attached hydrogens (tertiary/aromatic N) is 2. The van der Waals surface area contributed by atoms with Gasteiger partial charge in [0.05, 0.1) is 22.4 Å². The Bertz CT molecular complexity index is 1050. The lowest BCUT2D eigenvalue weighted by atomic mass is 9.90. The van der Waals surface area contributed by atoms with Crippen molar-refractivity contribution in [1.29, 1.82) is 0 Å². The summed E-state index contributed by atoms with van der Waals surface area (Å²) in [7, 11) is 0. The van der Waals surface area contributed by atoms with E-state index in [-0.39, 0.29) is 0 Å². The first-order valence-electron chi connectivity index (χ1n) is 11.0. The predicted molar refractivity (Wildman–Crippen MR) is 123 cm³/mol. The average Bonchev–Trinajstić information content (AvgIpc) is 2.81. The fourth-order valence-corrected chi connectivity index (χ4v) is 4.50. The molecule has 2 atom stereocenters. The number of hydrogen-bond acceptors (Lipinski definition) is 4. The largest absolute Gasteiger partial charge is 0.307 e. The van der Waals surface area contributed by atoms with Crippen molar-refractivity contribution in [2.24, 2.45) is 0 Å². The summed E-state index contributed by atoms with van der Waals surface area (Å²) >= 11 is 0. The summed E-state index contributed by atoms with van der Waals surface area (Å²) in [5, 5.41) is 9.94. The van der Waals surface area contributed by atoms with Crippen LogP contribution in [0.1, 0.15) is 37.1 Å². The summed E-state index contributed by atoms with van der Waals surface area (Å²) in [6, 6.07) is 26.2. The summed E-state index contributed by atoms with van der Waals surface area (Å²) in [4.78, 5) is 9.63. The van der Waals surface area contributed by atoms with Gasteiger partial charge in [0.1, 0.15) is 0 Å². The molecular weight excluding hydrogens is 368 g/mol. The number of benzene rings is 2. The maximum Gasteiger partial charge on any atom is 0.0705 e. The fraction of sp³-hybridized carbons (Fsp3) is 0.308. The Morgan fingerprint density at radius 3 is 1.57 bits per heavy atom. The number of rotatable bonds is 6. The third-order valence-electron chi connectivity index (χ3n) is 6.17. The Kier molecular flexibility index (Phi) is 5.69. The Labute approximate surface area is 177 Å². The first-order valence-corrected chi connectivity index (χ1v) is 11.0. The molecule has 0 spiro atoms. The van der Waals surface area contributed by atoms with Gasteiger partial charge in [-0.2, -0.15) is 0 Å². The second-order valence-electron chi connectivity index (χ2n) is 8.25. The average molecular weight is 397 g/mol. The van der Waals surface area contributed by atoms with Crippen LogP contribution in [0.3, 0.4) is 0 Å². The van der Waals surface area contributed by atoms with Gasteiger partial charge in [0.25, 0.3) is 0 Å². The van der Waals surface area contributed by atoms with E-state index in [2.05, 4.69) is 83.4 Å². The van der Waals surface area contributed by atoms with Gasteiger partial charge in [-0.25, -0.2) is 0 Å². The van der Waals surface area contributed by atoms with Crippen LogP contribution in [-0.2, 0) is 13.1 Å². The number of pyridine rings is 2. The van der Waals surface area contributed by atoms with Crippen LogP contribution in [0, 0.1) is 0 Å². The van der Waals surface area contributed by atoms with Crippen LogP contribution in [0.15, 0.2) is 72.8 Å². The van der Waals surface area contributed by atoms with Gasteiger partial charge in [0, 0.05) is 35.9 Å². The molecule has 2 heterocycles. The van der Waals surface area contributed by atoms with Crippen molar-refractivity contribution in [2.75, 3.05) is 0 Å². The van der Waals surface area contributed by atoms with E-state index in [0.717, 1.165) is 35.5 Å². The van der Waals surface area contributed by atoms with Gasteiger partial charge in [-0.15, -0.1) is 0 Å². The first kappa shape index (κ1) is 19.2. The van der Waals surface area contributed by atoms with E-state index < -0.39 is 0 Å². The van der Waals surface area contributed by atoms with Crippen molar-refractivity contribution in [2.45, 2.75) is 50.9 Å². The van der Waals surface area contributed by atoms with Gasteiger partial charge in [-0.3, -0.25) is 9.97 Å². The zero-order valence-electron chi connectivity index (χ0n) is 17.2. The van der Waals surface area contributed by atoms with Crippen molar-refractivity contribution in [3.05, 3.63) is 84.2 Å². The second-order valence-corrected chi connectivity index (χ2v) is 8.25. The standard InChI is InChI=1S/C26H28N4/c1-3-9-23-19(7-1)13-15-21(29-23)17-27-25-11-5-6-12-26(25)28-18-22-16-14-20-8-2-4-10-24(20)30-22/h1-4,7-10,13-16,25-28H,5-6,11-12,17-18H2/t25-,26-/m0/s1. The highest BCUT2D eigenvalue weighted by molar-refractivity contribution is 5.79. The third-order valence-corrected chi connectivity index (χ3v) is 6.17. The summed E-state index contributed by atoms with van der Waals surface area (Å²) in [6.07, 6.45) is 4.98. The van der Waals surface area contributed by atoms with Crippen LogP contribution in [0.4, 0.5) is 0 Å². The highest BCUT2D eigenvalue weighted by Crippen LogP contribution is 2.20. The van der Waals surface area contributed by atoms with Crippen molar-refractivity contribution in [3.63, 3.8) is 0 Å². The molecule has 0 radical (unpaired) electrons. The predicted octanol–water partition coefficient (Wildman–Crippen LogP) is 4.97. The van der Waals surface area contributed by atoms with Crippen molar-refractivity contribution < 1.29 is 0 Å². The quantitative estimate of drug-likeness (QED) is 0.483. The van der Waals surface area contributed by atoms with E-state index >= 15 is 0 Å². The number of fused-ring (bicyclic) bond motifs is 2. The van der Waals surface area contributed by atoms with Gasteiger partial charge in [0.2, 0.25) is 0 Å². The molecule has 0 unspecified atom stereocenters. The second kappa shape index (κ2) is 8.90. The lowest BCUT2D eigenvalue weighted by Crippen LogP contribution is -2.49. The van der Waals surface area contributed by atoms with Gasteiger partial charge in [0.15, 0.2) is 0 Å². The molecule has 1 fully saturated rings. The molecule has 152 valence electrons. The fourth-order valence-electron chi connectivity index (χ4n) is 4.50. The molecule has 0 amide bonds. The van der Waals surface area contributed by atoms with E-state index in [4.69, 9.17) is 9.97 Å². The van der Waals surface area contributed by atoms with E-state index in [1.807, 2.05) is 0 Å². The Balaban J connectivity index is 1.22. The summed E-state index contributed by atoms with van der Waals surface area (Å²) in [6.45, 7) is 1.61. The van der Waals surface area contributed by atoms with Crippen molar-refractivity contribution in [1.82, 2.24) is 20.6 Å². The normalized spacial score (nSPS) is 19.3. The molecule has 0 saturated heterocycles. The topological polar surface area (TPSA) is 49.8 Å². The number of nitrogens with one attached hydrogen (secondary N) is 2. The molecule has 2 aromatic heterocycles. The van der Waals surface area contributed by atoms with Gasteiger partial charge < -0.3 is 10.6 Å². The van der Waals surface area contributed by atoms with Crippen LogP contribution in [0.25, 0.3) is 21.8 Å². The SMILES string of the molecule is c1ccc2nc(CN[C@H]3CCCC[C@@H]3NCc3ccc4ccccc4n3)ccc2c1. The molecule has 4 heteroatoms. The number of hydrogen-bond donors (Lipinski definition) is 2. The van der Waals surface area contributed by atoms with Crippen LogP contribution in [0.5, 0.6) is 0 Å². The number of para-hydroxylation sites is 2. The number of aromatic nitrogens is 2. The molecule has 30 heavy (non-hydrogen) atoms. The molecule has 2 aromatic carbocycles. The van der Waals surface area contributed by atoms with E-state index in [1.54, 1.807) is 0 Å². The molecule has 5 rings (SSSR count). The molecule has 0 bridgehead atoms. The van der Waals surface area contributed by atoms with E-state index in [0.29, 0.717) is 12.1 Å². The van der Waals surface area contributed by atoms with Crippen LogP contribution >= 0.6 is 0 Å². The van der Waals surface area contributed by atoms with Gasteiger partial charge in [-0.1, -0.05) is 61.4 Å². The molecule has 1 aliphatic carbocycles. The molecule has 1 aliphatic rings. The Morgan fingerprint density at radius 1 is 0.600 bits per heavy atom. The van der Waals surface area contributed by atoms with Crippen molar-refractivity contribution in [3.8, 4) is 0 Å². The first-order chi connectivity index (χ1) is 14.8. The summed E-state index contributed by atoms with van der Waals surface area (Å²) in [5.41, 5.74) is 4.35. The van der Waals surface area contributed by atoms with Crippen LogP contribution < -0.4 is 10.6 Å². The zero-order valence-corrected chi connectivity index (χ0v) is 17.2. The Morgan fingerprint density at radius 2 is 1.07 bits per heavy atom. The minimum absolute atomic E-state index is 0.465. The maximum atomic E-state index is 4.81. The highest BCUT2D eigenvalue weighted by Gasteiger charge is 2.24.